The van der Waals surface area contributed by atoms with Gasteiger partial charge in [0.15, 0.2) is 0 Å². The molecule has 0 bridgehead atoms. The number of nitrogens with one attached hydrogen (secondary N) is 1. The molecular weight excluding hydrogens is 174 g/mol. The summed E-state index contributed by atoms with van der Waals surface area (Å²) in [7, 11) is 0. The van der Waals surface area contributed by atoms with E-state index < -0.39 is 0 Å². The number of amides is 1. The largest absolute Gasteiger partial charge is 0.449 e. The summed E-state index contributed by atoms with van der Waals surface area (Å²) in [6, 6.07) is 0. The van der Waals surface area contributed by atoms with E-state index in [0.717, 1.165) is 12.2 Å². The first kappa shape index (κ1) is 11.6. The third kappa shape index (κ3) is 7.72. The van der Waals surface area contributed by atoms with Crippen molar-refractivity contribution in [1.82, 2.24) is 4.72 Å². The standard InChI is InChI=1S/C8H17NO2S/c1-3-5-6-7-12-9-8(10)11-4-2/h3-7H2,1-2H3,(H,9,10). The van der Waals surface area contributed by atoms with Crippen LogP contribution in [0.5, 0.6) is 0 Å². The van der Waals surface area contributed by atoms with Crippen LogP contribution in [0, 0.1) is 0 Å². The first-order valence-corrected chi connectivity index (χ1v) is 5.34. The molecule has 72 valence electrons. The van der Waals surface area contributed by atoms with Gasteiger partial charge in [0.1, 0.15) is 0 Å². The van der Waals surface area contributed by atoms with E-state index >= 15 is 0 Å². The Bertz CT molecular complexity index is 120. The summed E-state index contributed by atoms with van der Waals surface area (Å²) in [5, 5.41) is 0. The quantitative estimate of drug-likeness (QED) is 0.518. The van der Waals surface area contributed by atoms with Crippen molar-refractivity contribution in [2.75, 3.05) is 12.4 Å². The van der Waals surface area contributed by atoms with Gasteiger partial charge in [0.2, 0.25) is 0 Å². The number of carbonyl (C=O) groups is 1. The molecule has 0 spiro atoms. The molecule has 0 aromatic heterocycles. The zero-order valence-corrected chi connectivity index (χ0v) is 8.58. The number of carbonyl (C=O) groups excluding carboxylic acids is 1. The average Bonchev–Trinajstić information content (AvgIpc) is 2.05. The summed E-state index contributed by atoms with van der Waals surface area (Å²) in [6.45, 7) is 4.38. The molecule has 0 aliphatic carbocycles. The van der Waals surface area contributed by atoms with Crippen molar-refractivity contribution in [3.05, 3.63) is 0 Å². The van der Waals surface area contributed by atoms with Gasteiger partial charge in [-0.25, -0.2) is 4.79 Å². The lowest BCUT2D eigenvalue weighted by Crippen LogP contribution is -2.17. The van der Waals surface area contributed by atoms with Crippen LogP contribution >= 0.6 is 11.9 Å². The van der Waals surface area contributed by atoms with E-state index in [1.165, 1.54) is 24.8 Å². The predicted molar refractivity (Wildman–Crippen MR) is 52.1 cm³/mol. The van der Waals surface area contributed by atoms with E-state index in [4.69, 9.17) is 0 Å². The highest BCUT2D eigenvalue weighted by atomic mass is 32.2. The van der Waals surface area contributed by atoms with Crippen LogP contribution in [0.4, 0.5) is 4.79 Å². The van der Waals surface area contributed by atoms with Gasteiger partial charge < -0.3 is 4.74 Å². The molecule has 3 nitrogen and oxygen atoms in total. The van der Waals surface area contributed by atoms with Gasteiger partial charge in [-0.3, -0.25) is 4.72 Å². The van der Waals surface area contributed by atoms with Crippen LogP contribution in [0.15, 0.2) is 0 Å². The van der Waals surface area contributed by atoms with Crippen molar-refractivity contribution in [1.29, 1.82) is 0 Å². The van der Waals surface area contributed by atoms with E-state index in [2.05, 4.69) is 16.4 Å². The summed E-state index contributed by atoms with van der Waals surface area (Å²) < 4.78 is 7.28. The van der Waals surface area contributed by atoms with Gasteiger partial charge in [-0.05, 0) is 25.3 Å². The van der Waals surface area contributed by atoms with Gasteiger partial charge in [0.25, 0.3) is 0 Å². The number of hydrogen-bond acceptors (Lipinski definition) is 3. The van der Waals surface area contributed by atoms with Crippen LogP contribution in [-0.4, -0.2) is 18.5 Å². The molecule has 0 saturated carbocycles. The molecule has 1 amide bonds. The van der Waals surface area contributed by atoms with Crippen molar-refractivity contribution in [3.63, 3.8) is 0 Å². The Morgan fingerprint density at radius 3 is 2.75 bits per heavy atom. The molecule has 12 heavy (non-hydrogen) atoms. The van der Waals surface area contributed by atoms with Crippen LogP contribution < -0.4 is 4.72 Å². The Labute approximate surface area is 78.4 Å². The summed E-state index contributed by atoms with van der Waals surface area (Å²) in [5.41, 5.74) is 0. The molecule has 0 aliphatic heterocycles. The molecule has 0 aromatic carbocycles. The van der Waals surface area contributed by atoms with Crippen LogP contribution in [0.3, 0.4) is 0 Å². The van der Waals surface area contributed by atoms with Crippen LogP contribution in [0.25, 0.3) is 0 Å². The molecule has 0 unspecified atom stereocenters. The Balaban J connectivity index is 3.03. The fourth-order valence-corrected chi connectivity index (χ4v) is 1.32. The van der Waals surface area contributed by atoms with E-state index in [-0.39, 0.29) is 6.09 Å². The van der Waals surface area contributed by atoms with Crippen molar-refractivity contribution >= 4 is 18.0 Å². The molecule has 0 aliphatic rings. The lowest BCUT2D eigenvalue weighted by Gasteiger charge is -2.02. The molecule has 4 heteroatoms. The minimum Gasteiger partial charge on any atom is -0.449 e. The minimum absolute atomic E-state index is 0.334. The molecular formula is C8H17NO2S. The number of hydrogen-bond donors (Lipinski definition) is 1. The van der Waals surface area contributed by atoms with Gasteiger partial charge in [-0.2, -0.15) is 0 Å². The van der Waals surface area contributed by atoms with Crippen molar-refractivity contribution < 1.29 is 9.53 Å². The average molecular weight is 191 g/mol. The van der Waals surface area contributed by atoms with Gasteiger partial charge in [0, 0.05) is 5.75 Å². The first-order chi connectivity index (χ1) is 5.81. The third-order valence-electron chi connectivity index (χ3n) is 1.28. The molecule has 0 heterocycles. The summed E-state index contributed by atoms with van der Waals surface area (Å²) in [6.07, 6.45) is 3.24. The molecule has 0 rings (SSSR count). The third-order valence-corrected chi connectivity index (χ3v) is 2.08. The topological polar surface area (TPSA) is 38.3 Å². The van der Waals surface area contributed by atoms with Crippen molar-refractivity contribution in [2.24, 2.45) is 0 Å². The Hall–Kier alpha value is -0.380. The van der Waals surface area contributed by atoms with E-state index in [1.807, 2.05) is 0 Å². The van der Waals surface area contributed by atoms with Crippen LogP contribution in [0.1, 0.15) is 33.1 Å². The fourth-order valence-electron chi connectivity index (χ4n) is 0.695. The summed E-state index contributed by atoms with van der Waals surface area (Å²) in [5.74, 6) is 0.965. The molecule has 0 aromatic rings. The maximum absolute atomic E-state index is 10.7. The van der Waals surface area contributed by atoms with Crippen molar-refractivity contribution in [3.8, 4) is 0 Å². The van der Waals surface area contributed by atoms with E-state index in [0.29, 0.717) is 6.61 Å². The highest BCUT2D eigenvalue weighted by molar-refractivity contribution is 7.97. The van der Waals surface area contributed by atoms with Crippen molar-refractivity contribution in [2.45, 2.75) is 33.1 Å². The molecule has 0 saturated heterocycles. The maximum Gasteiger partial charge on any atom is 0.417 e. The van der Waals surface area contributed by atoms with Crippen LogP contribution in [-0.2, 0) is 4.74 Å². The number of ether oxygens (including phenoxy) is 1. The highest BCUT2D eigenvalue weighted by Crippen LogP contribution is 2.02. The Morgan fingerprint density at radius 2 is 2.17 bits per heavy atom. The van der Waals surface area contributed by atoms with Gasteiger partial charge in [-0.1, -0.05) is 19.8 Å². The molecule has 0 radical (unpaired) electrons. The second-order valence-electron chi connectivity index (χ2n) is 2.38. The second-order valence-corrected chi connectivity index (χ2v) is 3.28. The van der Waals surface area contributed by atoms with Gasteiger partial charge in [0.05, 0.1) is 6.61 Å². The minimum atomic E-state index is -0.334. The summed E-state index contributed by atoms with van der Waals surface area (Å²) >= 11 is 1.42. The Kier molecular flexibility index (Phi) is 8.44. The van der Waals surface area contributed by atoms with Gasteiger partial charge >= 0.3 is 6.09 Å². The number of rotatable bonds is 6. The Morgan fingerprint density at radius 1 is 1.42 bits per heavy atom. The molecule has 0 atom stereocenters. The zero-order chi connectivity index (χ0) is 9.23. The van der Waals surface area contributed by atoms with E-state index in [9.17, 15) is 4.79 Å². The maximum atomic E-state index is 10.7. The smallest absolute Gasteiger partial charge is 0.417 e. The monoisotopic (exact) mass is 191 g/mol. The highest BCUT2D eigenvalue weighted by Gasteiger charge is 1.97. The van der Waals surface area contributed by atoms with Gasteiger partial charge in [-0.15, -0.1) is 0 Å². The summed E-state index contributed by atoms with van der Waals surface area (Å²) in [4.78, 5) is 10.7. The lowest BCUT2D eigenvalue weighted by molar-refractivity contribution is 0.159. The fraction of sp³-hybridized carbons (Fsp3) is 0.875. The normalized spacial score (nSPS) is 9.50. The van der Waals surface area contributed by atoms with E-state index in [1.54, 1.807) is 6.92 Å². The zero-order valence-electron chi connectivity index (χ0n) is 7.76. The SMILES string of the molecule is CCCCCSNC(=O)OCC. The molecule has 0 fully saturated rings. The molecule has 1 N–H and O–H groups in total. The lowest BCUT2D eigenvalue weighted by atomic mass is 10.3. The van der Waals surface area contributed by atoms with Crippen LogP contribution in [0.2, 0.25) is 0 Å². The first-order valence-electron chi connectivity index (χ1n) is 4.35. The number of unbranched alkanes of at least 4 members (excludes halogenated alkanes) is 2. The predicted octanol–water partition coefficient (Wildman–Crippen LogP) is 2.57. The second kappa shape index (κ2) is 8.71.